The topological polar surface area (TPSA) is 103 Å². The predicted octanol–water partition coefficient (Wildman–Crippen LogP) is 1.78. The zero-order valence-corrected chi connectivity index (χ0v) is 16.3. The molecule has 0 spiro atoms. The third kappa shape index (κ3) is 4.45. The number of amides is 1. The van der Waals surface area contributed by atoms with Crippen LogP contribution in [0.4, 0.5) is 5.82 Å². The van der Waals surface area contributed by atoms with E-state index in [1.807, 2.05) is 50.2 Å². The number of aryl methyl sites for hydroxylation is 2. The number of ether oxygens (including phenoxy) is 2. The van der Waals surface area contributed by atoms with Gasteiger partial charge in [-0.2, -0.15) is 5.10 Å². The van der Waals surface area contributed by atoms with Crippen molar-refractivity contribution in [3.63, 3.8) is 0 Å². The van der Waals surface area contributed by atoms with Crippen LogP contribution in [0.15, 0.2) is 36.4 Å². The summed E-state index contributed by atoms with van der Waals surface area (Å²) in [5, 5.41) is 18.8. The van der Waals surface area contributed by atoms with Crippen LogP contribution in [0.3, 0.4) is 0 Å². The average Bonchev–Trinajstić information content (AvgIpc) is 3.31. The molecule has 3 aromatic rings. The first-order valence-electron chi connectivity index (χ1n) is 9.35. The Bertz CT molecular complexity index is 1020. The number of rotatable bonds is 7. The first kappa shape index (κ1) is 18.7. The Kier molecular flexibility index (Phi) is 5.28. The summed E-state index contributed by atoms with van der Waals surface area (Å²) in [6, 6.07) is 11.2. The van der Waals surface area contributed by atoms with Crippen molar-refractivity contribution < 1.29 is 14.3 Å². The second-order valence-electron chi connectivity index (χ2n) is 6.76. The van der Waals surface area contributed by atoms with E-state index in [1.165, 1.54) is 0 Å². The maximum absolute atomic E-state index is 12.1. The molecule has 0 fully saturated rings. The van der Waals surface area contributed by atoms with Crippen LogP contribution in [0.2, 0.25) is 0 Å². The molecule has 9 nitrogen and oxygen atoms in total. The van der Waals surface area contributed by atoms with Gasteiger partial charge in [-0.3, -0.25) is 4.79 Å². The number of hydrogen-bond donors (Lipinski definition) is 2. The van der Waals surface area contributed by atoms with Crippen LogP contribution >= 0.6 is 0 Å². The minimum atomic E-state index is -0.0587. The van der Waals surface area contributed by atoms with Crippen LogP contribution in [-0.2, 0) is 11.2 Å². The summed E-state index contributed by atoms with van der Waals surface area (Å²) in [5.41, 5.74) is 2.82. The molecule has 150 valence electrons. The lowest BCUT2D eigenvalue weighted by atomic mass is 10.1. The van der Waals surface area contributed by atoms with Crippen LogP contribution in [0.5, 0.6) is 11.5 Å². The Balaban J connectivity index is 1.22. The summed E-state index contributed by atoms with van der Waals surface area (Å²) in [6.07, 6.45) is 0.285. The van der Waals surface area contributed by atoms with Crippen LogP contribution < -0.4 is 20.1 Å². The van der Waals surface area contributed by atoms with Crippen LogP contribution in [0, 0.1) is 13.8 Å². The van der Waals surface area contributed by atoms with Gasteiger partial charge in [0, 0.05) is 18.8 Å². The highest BCUT2D eigenvalue weighted by molar-refractivity contribution is 5.78. The molecule has 2 aromatic heterocycles. The first-order chi connectivity index (χ1) is 14.1. The Morgan fingerprint density at radius 3 is 2.69 bits per heavy atom. The number of benzene rings is 1. The molecule has 0 saturated carbocycles. The first-order valence-corrected chi connectivity index (χ1v) is 9.35. The van der Waals surface area contributed by atoms with Crippen molar-refractivity contribution in [3.05, 3.63) is 53.3 Å². The molecule has 0 aliphatic carbocycles. The lowest BCUT2D eigenvalue weighted by molar-refractivity contribution is -0.120. The Morgan fingerprint density at radius 1 is 1.07 bits per heavy atom. The highest BCUT2D eigenvalue weighted by Crippen LogP contribution is 2.32. The van der Waals surface area contributed by atoms with Crippen molar-refractivity contribution >= 4 is 11.7 Å². The molecule has 0 bridgehead atoms. The second kappa shape index (κ2) is 8.17. The van der Waals surface area contributed by atoms with Gasteiger partial charge in [-0.1, -0.05) is 6.07 Å². The molecule has 9 heteroatoms. The molecule has 29 heavy (non-hydrogen) atoms. The van der Waals surface area contributed by atoms with Gasteiger partial charge in [-0.25, -0.2) is 4.68 Å². The van der Waals surface area contributed by atoms with Crippen molar-refractivity contribution in [2.75, 3.05) is 25.2 Å². The number of carbonyl (C=O) groups excluding carboxylic acids is 1. The molecule has 0 radical (unpaired) electrons. The predicted molar refractivity (Wildman–Crippen MR) is 106 cm³/mol. The van der Waals surface area contributed by atoms with Crippen molar-refractivity contribution in [2.24, 2.45) is 0 Å². The van der Waals surface area contributed by atoms with Crippen LogP contribution in [-0.4, -0.2) is 45.8 Å². The fraction of sp³-hybridized carbons (Fsp3) is 0.300. The fourth-order valence-corrected chi connectivity index (χ4v) is 3.08. The standard InChI is InChI=1S/C20H22N6O3/c1-13-9-14(2)26(25-13)19-6-5-18(23-24-19)21-7-8-22-20(27)11-15-3-4-16-17(10-15)29-12-28-16/h3-6,9-10H,7-8,11-12H2,1-2H3,(H,21,23)(H,22,27). The lowest BCUT2D eigenvalue weighted by Crippen LogP contribution is -2.30. The minimum absolute atomic E-state index is 0.0587. The smallest absolute Gasteiger partial charge is 0.231 e. The molecular weight excluding hydrogens is 372 g/mol. The Labute approximate surface area is 168 Å². The molecule has 0 unspecified atom stereocenters. The van der Waals surface area contributed by atoms with E-state index < -0.39 is 0 Å². The number of nitrogens with one attached hydrogen (secondary N) is 2. The Morgan fingerprint density at radius 2 is 1.93 bits per heavy atom. The van der Waals surface area contributed by atoms with Crippen molar-refractivity contribution in [3.8, 4) is 17.3 Å². The largest absolute Gasteiger partial charge is 0.454 e. The maximum Gasteiger partial charge on any atom is 0.231 e. The van der Waals surface area contributed by atoms with E-state index in [4.69, 9.17) is 9.47 Å². The Hall–Kier alpha value is -3.62. The van der Waals surface area contributed by atoms with Gasteiger partial charge in [0.25, 0.3) is 0 Å². The van der Waals surface area contributed by atoms with Gasteiger partial charge >= 0.3 is 0 Å². The van der Waals surface area contributed by atoms with Gasteiger partial charge in [0.05, 0.1) is 12.1 Å². The third-order valence-electron chi connectivity index (χ3n) is 4.43. The quantitative estimate of drug-likeness (QED) is 0.589. The second-order valence-corrected chi connectivity index (χ2v) is 6.76. The number of nitrogens with zero attached hydrogens (tertiary/aromatic N) is 4. The third-order valence-corrected chi connectivity index (χ3v) is 4.43. The van der Waals surface area contributed by atoms with E-state index in [0.29, 0.717) is 36.2 Å². The molecule has 1 aliphatic rings. The summed E-state index contributed by atoms with van der Waals surface area (Å²) in [6.45, 7) is 5.15. The molecule has 1 aromatic carbocycles. The van der Waals surface area contributed by atoms with Crippen molar-refractivity contribution in [1.29, 1.82) is 0 Å². The summed E-state index contributed by atoms with van der Waals surface area (Å²) >= 11 is 0. The minimum Gasteiger partial charge on any atom is -0.454 e. The monoisotopic (exact) mass is 394 g/mol. The van der Waals surface area contributed by atoms with E-state index in [-0.39, 0.29) is 19.1 Å². The number of fused-ring (bicyclic) bond motifs is 1. The van der Waals surface area contributed by atoms with E-state index in [1.54, 1.807) is 4.68 Å². The van der Waals surface area contributed by atoms with Gasteiger partial charge in [0.15, 0.2) is 17.3 Å². The summed E-state index contributed by atoms with van der Waals surface area (Å²) in [4.78, 5) is 12.1. The number of carbonyl (C=O) groups is 1. The van der Waals surface area contributed by atoms with Crippen LogP contribution in [0.1, 0.15) is 17.0 Å². The number of hydrogen-bond acceptors (Lipinski definition) is 7. The lowest BCUT2D eigenvalue weighted by Gasteiger charge is -2.08. The summed E-state index contributed by atoms with van der Waals surface area (Å²) in [5.74, 6) is 2.64. The van der Waals surface area contributed by atoms with E-state index >= 15 is 0 Å². The molecule has 3 heterocycles. The average molecular weight is 394 g/mol. The van der Waals surface area contributed by atoms with Gasteiger partial charge in [0.1, 0.15) is 5.82 Å². The van der Waals surface area contributed by atoms with Gasteiger partial charge < -0.3 is 20.1 Å². The number of aromatic nitrogens is 4. The molecule has 1 aliphatic heterocycles. The highest BCUT2D eigenvalue weighted by atomic mass is 16.7. The van der Waals surface area contributed by atoms with Crippen molar-refractivity contribution in [2.45, 2.75) is 20.3 Å². The summed E-state index contributed by atoms with van der Waals surface area (Å²) in [7, 11) is 0. The van der Waals surface area contributed by atoms with E-state index in [2.05, 4.69) is 25.9 Å². The summed E-state index contributed by atoms with van der Waals surface area (Å²) < 4.78 is 12.4. The zero-order chi connectivity index (χ0) is 20.2. The van der Waals surface area contributed by atoms with Gasteiger partial charge in [-0.15, -0.1) is 10.2 Å². The number of anilines is 1. The van der Waals surface area contributed by atoms with Gasteiger partial charge in [0.2, 0.25) is 12.7 Å². The maximum atomic E-state index is 12.1. The molecular formula is C20H22N6O3. The molecule has 2 N–H and O–H groups in total. The van der Waals surface area contributed by atoms with E-state index in [9.17, 15) is 4.79 Å². The fourth-order valence-electron chi connectivity index (χ4n) is 3.08. The normalized spacial score (nSPS) is 12.1. The zero-order valence-electron chi connectivity index (χ0n) is 16.3. The SMILES string of the molecule is Cc1cc(C)n(-c2ccc(NCCNC(=O)Cc3ccc4c(c3)OCO4)nn2)n1. The van der Waals surface area contributed by atoms with Crippen LogP contribution in [0.25, 0.3) is 5.82 Å². The van der Waals surface area contributed by atoms with Crippen molar-refractivity contribution in [1.82, 2.24) is 25.3 Å². The highest BCUT2D eigenvalue weighted by Gasteiger charge is 2.14. The van der Waals surface area contributed by atoms with E-state index in [0.717, 1.165) is 17.0 Å². The molecule has 1 amide bonds. The molecule has 0 atom stereocenters. The molecule has 0 saturated heterocycles. The molecule has 4 rings (SSSR count). The van der Waals surface area contributed by atoms with Gasteiger partial charge in [-0.05, 0) is 49.7 Å².